The van der Waals surface area contributed by atoms with Crippen LogP contribution in [0.25, 0.3) is 0 Å². The summed E-state index contributed by atoms with van der Waals surface area (Å²) in [6, 6.07) is 0. The minimum atomic E-state index is -0.0286. The van der Waals surface area contributed by atoms with E-state index in [9.17, 15) is 4.79 Å². The zero-order valence-corrected chi connectivity index (χ0v) is 13.3. The van der Waals surface area contributed by atoms with Crippen molar-refractivity contribution in [2.75, 3.05) is 73.1 Å². The first-order valence-corrected chi connectivity index (χ1v) is 7.34. The van der Waals surface area contributed by atoms with Crippen LogP contribution < -0.4 is 5.32 Å². The number of hydrogen-bond acceptors (Lipinski definition) is 6. The van der Waals surface area contributed by atoms with Gasteiger partial charge < -0.3 is 29.0 Å². The maximum Gasteiger partial charge on any atom is 0.222 e. The van der Waals surface area contributed by atoms with Crippen LogP contribution in [0.2, 0.25) is 0 Å². The predicted molar refractivity (Wildman–Crippen MR) is 81.6 cm³/mol. The predicted octanol–water partition coefficient (Wildman–Crippen LogP) is -0.161. The summed E-state index contributed by atoms with van der Waals surface area (Å²) < 4.78 is 26.2. The van der Waals surface area contributed by atoms with E-state index in [-0.39, 0.29) is 5.91 Å². The van der Waals surface area contributed by atoms with Gasteiger partial charge in [0.1, 0.15) is 6.61 Å². The second kappa shape index (κ2) is 17.9. The Morgan fingerprint density at radius 1 is 0.818 bits per heavy atom. The van der Waals surface area contributed by atoms with Gasteiger partial charge in [0.2, 0.25) is 5.91 Å². The van der Waals surface area contributed by atoms with Gasteiger partial charge in [0.25, 0.3) is 0 Å². The molecule has 0 atom stereocenters. The zero-order chi connectivity index (χ0) is 16.3. The van der Waals surface area contributed by atoms with Crippen molar-refractivity contribution in [1.82, 2.24) is 5.32 Å². The van der Waals surface area contributed by atoms with Crippen LogP contribution in [0.4, 0.5) is 0 Å². The van der Waals surface area contributed by atoms with Crippen molar-refractivity contribution < 1.29 is 28.5 Å². The van der Waals surface area contributed by atoms with Gasteiger partial charge in [-0.15, -0.1) is 6.42 Å². The molecular weight excluding hydrogens is 290 g/mol. The first kappa shape index (κ1) is 20.8. The molecule has 0 bridgehead atoms. The molecule has 0 spiro atoms. The van der Waals surface area contributed by atoms with Crippen LogP contribution in [0.15, 0.2) is 0 Å². The number of ether oxygens (including phenoxy) is 5. The molecule has 0 aliphatic carbocycles. The number of hydrogen-bond donors (Lipinski definition) is 1. The van der Waals surface area contributed by atoms with Crippen LogP contribution in [-0.4, -0.2) is 79.0 Å². The lowest BCUT2D eigenvalue weighted by molar-refractivity contribution is -0.121. The lowest BCUT2D eigenvalue weighted by atomic mass is 10.4. The molecule has 0 aromatic carbocycles. The first-order valence-electron chi connectivity index (χ1n) is 7.34. The molecule has 1 amide bonds. The summed E-state index contributed by atoms with van der Waals surface area (Å²) >= 11 is 0. The Kier molecular flexibility index (Phi) is 16.9. The van der Waals surface area contributed by atoms with Crippen LogP contribution in [0.5, 0.6) is 0 Å². The van der Waals surface area contributed by atoms with Gasteiger partial charge in [-0.3, -0.25) is 4.79 Å². The Bertz CT molecular complexity index is 292. The minimum Gasteiger partial charge on any atom is -0.379 e. The Morgan fingerprint density at radius 2 is 1.23 bits per heavy atom. The first-order chi connectivity index (χ1) is 10.8. The summed E-state index contributed by atoms with van der Waals surface area (Å²) in [4.78, 5) is 10.9. The third-order valence-corrected chi connectivity index (χ3v) is 2.43. The second-order valence-corrected chi connectivity index (χ2v) is 4.13. The molecule has 0 aromatic rings. The molecule has 0 radical (unpaired) electrons. The molecule has 0 aliphatic heterocycles. The lowest BCUT2D eigenvalue weighted by Crippen LogP contribution is -2.20. The highest BCUT2D eigenvalue weighted by molar-refractivity contribution is 5.75. The van der Waals surface area contributed by atoms with Crippen molar-refractivity contribution in [2.24, 2.45) is 0 Å². The highest BCUT2D eigenvalue weighted by Crippen LogP contribution is 1.85. The molecule has 1 N–H and O–H groups in total. The molecule has 0 fully saturated rings. The third-order valence-electron chi connectivity index (χ3n) is 2.43. The smallest absolute Gasteiger partial charge is 0.222 e. The highest BCUT2D eigenvalue weighted by Gasteiger charge is 1.97. The van der Waals surface area contributed by atoms with Crippen molar-refractivity contribution in [3.05, 3.63) is 0 Å². The van der Waals surface area contributed by atoms with E-state index < -0.39 is 0 Å². The Balaban J connectivity index is 3.00. The molecule has 0 unspecified atom stereocenters. The average molecular weight is 317 g/mol. The van der Waals surface area contributed by atoms with Gasteiger partial charge in [-0.05, 0) is 0 Å². The van der Waals surface area contributed by atoms with Crippen molar-refractivity contribution in [3.8, 4) is 12.3 Å². The number of carbonyl (C=O) groups is 1. The lowest BCUT2D eigenvalue weighted by Gasteiger charge is -2.07. The molecular formula is C15H27NO6. The third kappa shape index (κ3) is 16.9. The maximum absolute atomic E-state index is 10.9. The van der Waals surface area contributed by atoms with E-state index in [0.29, 0.717) is 72.5 Å². The Hall–Kier alpha value is -1.17. The van der Waals surface area contributed by atoms with Crippen molar-refractivity contribution >= 4 is 5.91 Å². The number of carbonyl (C=O) groups excluding carboxylic acids is 1. The van der Waals surface area contributed by atoms with Gasteiger partial charge in [0.15, 0.2) is 0 Å². The largest absolute Gasteiger partial charge is 0.379 e. The van der Waals surface area contributed by atoms with Gasteiger partial charge in [-0.2, -0.15) is 0 Å². The summed E-state index contributed by atoms with van der Waals surface area (Å²) in [5.74, 6) is 2.35. The number of terminal acetylenes is 1. The van der Waals surface area contributed by atoms with Crippen LogP contribution in [0.1, 0.15) is 6.42 Å². The molecule has 0 saturated carbocycles. The van der Waals surface area contributed by atoms with Gasteiger partial charge in [0, 0.05) is 13.5 Å². The molecule has 0 aliphatic rings. The van der Waals surface area contributed by atoms with Gasteiger partial charge >= 0.3 is 0 Å². The second-order valence-electron chi connectivity index (χ2n) is 4.13. The molecule has 7 nitrogen and oxygen atoms in total. The summed E-state index contributed by atoms with van der Waals surface area (Å²) in [5.41, 5.74) is 0. The van der Waals surface area contributed by atoms with E-state index in [4.69, 9.17) is 30.1 Å². The standard InChI is InChI=1S/C15H27NO6/c1-3-5-18-7-9-20-11-13-22-14-12-21-10-8-19-6-4-15(17)16-2/h1H,4-14H2,2H3,(H,16,17). The summed E-state index contributed by atoms with van der Waals surface area (Å²) in [7, 11) is 1.60. The van der Waals surface area contributed by atoms with Crippen molar-refractivity contribution in [2.45, 2.75) is 6.42 Å². The maximum atomic E-state index is 10.9. The van der Waals surface area contributed by atoms with E-state index in [0.717, 1.165) is 0 Å². The van der Waals surface area contributed by atoms with Crippen molar-refractivity contribution in [1.29, 1.82) is 0 Å². The quantitative estimate of drug-likeness (QED) is 0.315. The fourth-order valence-electron chi connectivity index (χ4n) is 1.30. The SMILES string of the molecule is C#CCOCCOCCOCCOCCOCCC(=O)NC. The van der Waals surface area contributed by atoms with Crippen LogP contribution >= 0.6 is 0 Å². The Morgan fingerprint density at radius 3 is 1.64 bits per heavy atom. The normalized spacial score (nSPS) is 10.4. The summed E-state index contributed by atoms with van der Waals surface area (Å²) in [5, 5.41) is 2.53. The molecule has 0 saturated heterocycles. The monoisotopic (exact) mass is 317 g/mol. The van der Waals surface area contributed by atoms with E-state index >= 15 is 0 Å². The Labute approximate surface area is 132 Å². The number of amides is 1. The van der Waals surface area contributed by atoms with Gasteiger partial charge in [-0.25, -0.2) is 0 Å². The van der Waals surface area contributed by atoms with Crippen molar-refractivity contribution in [3.63, 3.8) is 0 Å². The van der Waals surface area contributed by atoms with Gasteiger partial charge in [0.05, 0.1) is 59.5 Å². The zero-order valence-electron chi connectivity index (χ0n) is 13.3. The van der Waals surface area contributed by atoms with Crippen LogP contribution in [0.3, 0.4) is 0 Å². The number of nitrogens with one attached hydrogen (secondary N) is 1. The average Bonchev–Trinajstić information content (AvgIpc) is 2.54. The summed E-state index contributed by atoms with van der Waals surface area (Å²) in [6.07, 6.45) is 5.40. The molecule has 22 heavy (non-hydrogen) atoms. The molecule has 0 rings (SSSR count). The van der Waals surface area contributed by atoms with E-state index in [1.165, 1.54) is 0 Å². The molecule has 0 heterocycles. The van der Waals surface area contributed by atoms with E-state index in [1.54, 1.807) is 7.05 Å². The number of rotatable bonds is 16. The van der Waals surface area contributed by atoms with E-state index in [1.807, 2.05) is 0 Å². The van der Waals surface area contributed by atoms with Gasteiger partial charge in [-0.1, -0.05) is 5.92 Å². The van der Waals surface area contributed by atoms with Crippen LogP contribution in [0, 0.1) is 12.3 Å². The fraction of sp³-hybridized carbons (Fsp3) is 0.800. The fourth-order valence-corrected chi connectivity index (χ4v) is 1.30. The van der Waals surface area contributed by atoms with Crippen LogP contribution in [-0.2, 0) is 28.5 Å². The van der Waals surface area contributed by atoms with E-state index in [2.05, 4.69) is 11.2 Å². The highest BCUT2D eigenvalue weighted by atomic mass is 16.6. The summed E-state index contributed by atoms with van der Waals surface area (Å²) in [6.45, 7) is 4.72. The molecule has 128 valence electrons. The molecule has 7 heteroatoms. The topological polar surface area (TPSA) is 75.2 Å². The minimum absolute atomic E-state index is 0.0286. The molecule has 0 aromatic heterocycles.